The van der Waals surface area contributed by atoms with E-state index in [-0.39, 0.29) is 35.1 Å². The van der Waals surface area contributed by atoms with Crippen molar-refractivity contribution in [1.82, 2.24) is 0 Å². The summed E-state index contributed by atoms with van der Waals surface area (Å²) in [6.07, 6.45) is 6.38. The molecule has 2 N–H and O–H groups in total. The quantitative estimate of drug-likeness (QED) is 0.824. The van der Waals surface area contributed by atoms with Gasteiger partial charge in [0.15, 0.2) is 0 Å². The van der Waals surface area contributed by atoms with Crippen LogP contribution in [0.25, 0.3) is 0 Å². The predicted molar refractivity (Wildman–Crippen MR) is 85.4 cm³/mol. The standard InChI is InChI=1S/C19H32O3/c1-12(2)13-5-6-14-16(13,3)7-9-18-10-8-17(4,22-18)15(11-20)19(14,18)21/h12-15,20-21H,5-11H2,1-4H3/t13-,14+,15-,16+,17+,18-,19-/m1/s1. The maximum Gasteiger partial charge on any atom is 0.105 e. The van der Waals surface area contributed by atoms with Crippen LogP contribution in [0.5, 0.6) is 0 Å². The number of rotatable bonds is 2. The molecule has 22 heavy (non-hydrogen) atoms. The van der Waals surface area contributed by atoms with Crippen LogP contribution in [0.4, 0.5) is 0 Å². The Bertz CT molecular complexity index is 491. The average molecular weight is 308 g/mol. The van der Waals surface area contributed by atoms with E-state index in [0.29, 0.717) is 11.8 Å². The number of hydrogen-bond acceptors (Lipinski definition) is 3. The molecule has 2 heterocycles. The number of aliphatic hydroxyl groups is 2. The van der Waals surface area contributed by atoms with Gasteiger partial charge in [-0.25, -0.2) is 0 Å². The molecule has 1 spiro atoms. The zero-order valence-electron chi connectivity index (χ0n) is 14.6. The van der Waals surface area contributed by atoms with Crippen molar-refractivity contribution in [2.45, 2.75) is 83.0 Å². The van der Waals surface area contributed by atoms with Gasteiger partial charge >= 0.3 is 0 Å². The Labute approximate surface area is 134 Å². The lowest BCUT2D eigenvalue weighted by atomic mass is 9.47. The second kappa shape index (κ2) is 4.29. The summed E-state index contributed by atoms with van der Waals surface area (Å²) < 4.78 is 6.50. The fourth-order valence-electron chi connectivity index (χ4n) is 7.49. The van der Waals surface area contributed by atoms with Crippen LogP contribution in [-0.2, 0) is 4.74 Å². The van der Waals surface area contributed by atoms with Crippen molar-refractivity contribution in [3.63, 3.8) is 0 Å². The van der Waals surface area contributed by atoms with Crippen LogP contribution >= 0.6 is 0 Å². The molecule has 0 aromatic carbocycles. The van der Waals surface area contributed by atoms with Crippen LogP contribution in [0.15, 0.2) is 0 Å². The summed E-state index contributed by atoms with van der Waals surface area (Å²) in [5.41, 5.74) is -1.34. The minimum absolute atomic E-state index is 0.0493. The topological polar surface area (TPSA) is 49.7 Å². The Balaban J connectivity index is 1.81. The van der Waals surface area contributed by atoms with Crippen LogP contribution in [0.3, 0.4) is 0 Å². The van der Waals surface area contributed by atoms with E-state index in [1.807, 2.05) is 0 Å². The first-order valence-corrected chi connectivity index (χ1v) is 9.27. The summed E-state index contributed by atoms with van der Waals surface area (Å²) in [5.74, 6) is 1.50. The van der Waals surface area contributed by atoms with Crippen LogP contribution < -0.4 is 0 Å². The predicted octanol–water partition coefficient (Wildman–Crippen LogP) is 3.13. The first-order valence-electron chi connectivity index (χ1n) is 9.27. The number of ether oxygens (including phenoxy) is 1. The van der Waals surface area contributed by atoms with E-state index in [1.165, 1.54) is 6.42 Å². The molecule has 4 fully saturated rings. The SMILES string of the molecule is CC(C)[C@H]1CC[C@H]2[C@@]1(C)CC[C@]13CC[C@](C)(O1)[C@@H](CO)[C@]23O. The van der Waals surface area contributed by atoms with Gasteiger partial charge in [-0.05, 0) is 68.6 Å². The second-order valence-electron chi connectivity index (χ2n) is 9.46. The molecule has 2 bridgehead atoms. The Morgan fingerprint density at radius 1 is 1.09 bits per heavy atom. The molecule has 2 saturated carbocycles. The van der Waals surface area contributed by atoms with Gasteiger partial charge in [0.2, 0.25) is 0 Å². The molecule has 3 nitrogen and oxygen atoms in total. The molecule has 4 aliphatic rings. The normalized spacial score (nSPS) is 59.9. The highest BCUT2D eigenvalue weighted by Gasteiger charge is 2.79. The Hall–Kier alpha value is -0.120. The minimum Gasteiger partial charge on any atom is -0.396 e. The number of hydrogen-bond donors (Lipinski definition) is 2. The van der Waals surface area contributed by atoms with Gasteiger partial charge in [-0.1, -0.05) is 20.8 Å². The van der Waals surface area contributed by atoms with Crippen molar-refractivity contribution in [2.24, 2.45) is 29.1 Å². The lowest BCUT2D eigenvalue weighted by Crippen LogP contribution is -2.67. The van der Waals surface area contributed by atoms with E-state index in [9.17, 15) is 10.2 Å². The van der Waals surface area contributed by atoms with E-state index in [4.69, 9.17) is 4.74 Å². The molecule has 2 saturated heterocycles. The van der Waals surface area contributed by atoms with E-state index < -0.39 is 5.60 Å². The third-order valence-electron chi connectivity index (χ3n) is 8.45. The molecule has 4 rings (SSSR count). The van der Waals surface area contributed by atoms with Gasteiger partial charge < -0.3 is 14.9 Å². The molecule has 0 aromatic heterocycles. The fourth-order valence-corrected chi connectivity index (χ4v) is 7.49. The third kappa shape index (κ3) is 1.45. The van der Waals surface area contributed by atoms with Gasteiger partial charge in [-0.3, -0.25) is 0 Å². The van der Waals surface area contributed by atoms with Gasteiger partial charge in [-0.15, -0.1) is 0 Å². The maximum absolute atomic E-state index is 12.0. The van der Waals surface area contributed by atoms with Crippen LogP contribution in [0, 0.1) is 29.1 Å². The van der Waals surface area contributed by atoms with Crippen molar-refractivity contribution in [1.29, 1.82) is 0 Å². The fraction of sp³-hybridized carbons (Fsp3) is 1.00. The Morgan fingerprint density at radius 3 is 2.41 bits per heavy atom. The summed E-state index contributed by atoms with van der Waals surface area (Å²) in [5, 5.41) is 22.1. The van der Waals surface area contributed by atoms with Crippen molar-refractivity contribution in [3.8, 4) is 0 Å². The highest BCUT2D eigenvalue weighted by atomic mass is 16.6. The summed E-state index contributed by atoms with van der Waals surface area (Å²) in [6.45, 7) is 9.23. The van der Waals surface area contributed by atoms with Gasteiger partial charge in [0.05, 0.1) is 17.8 Å². The van der Waals surface area contributed by atoms with Crippen LogP contribution in [0.2, 0.25) is 0 Å². The van der Waals surface area contributed by atoms with Gasteiger partial charge in [0.25, 0.3) is 0 Å². The second-order valence-corrected chi connectivity index (χ2v) is 9.46. The third-order valence-corrected chi connectivity index (χ3v) is 8.45. The highest BCUT2D eigenvalue weighted by molar-refractivity contribution is 5.28. The van der Waals surface area contributed by atoms with E-state index in [2.05, 4.69) is 27.7 Å². The highest BCUT2D eigenvalue weighted by Crippen LogP contribution is 2.73. The molecule has 2 aliphatic heterocycles. The molecule has 2 aliphatic carbocycles. The zero-order valence-corrected chi connectivity index (χ0v) is 14.6. The lowest BCUT2D eigenvalue weighted by Gasteiger charge is -2.58. The van der Waals surface area contributed by atoms with Crippen LogP contribution in [-0.4, -0.2) is 33.6 Å². The lowest BCUT2D eigenvalue weighted by molar-refractivity contribution is -0.216. The molecule has 0 amide bonds. The van der Waals surface area contributed by atoms with Crippen molar-refractivity contribution < 1.29 is 14.9 Å². The summed E-state index contributed by atoms with van der Waals surface area (Å²) in [6, 6.07) is 0. The maximum atomic E-state index is 12.0. The van der Waals surface area contributed by atoms with Gasteiger partial charge in [0, 0.05) is 5.92 Å². The largest absolute Gasteiger partial charge is 0.396 e. The summed E-state index contributed by atoms with van der Waals surface area (Å²) in [4.78, 5) is 0. The monoisotopic (exact) mass is 308 g/mol. The van der Waals surface area contributed by atoms with Gasteiger partial charge in [-0.2, -0.15) is 0 Å². The molecule has 0 aromatic rings. The summed E-state index contributed by atoms with van der Waals surface area (Å²) in [7, 11) is 0. The molecule has 3 heteroatoms. The van der Waals surface area contributed by atoms with Crippen molar-refractivity contribution >= 4 is 0 Å². The summed E-state index contributed by atoms with van der Waals surface area (Å²) >= 11 is 0. The average Bonchev–Trinajstić information content (AvgIpc) is 3.02. The zero-order chi connectivity index (χ0) is 16.0. The van der Waals surface area contributed by atoms with Crippen LogP contribution in [0.1, 0.15) is 66.2 Å². The van der Waals surface area contributed by atoms with Crippen molar-refractivity contribution in [3.05, 3.63) is 0 Å². The molecular formula is C19H32O3. The molecule has 0 radical (unpaired) electrons. The molecule has 0 unspecified atom stereocenters. The Kier molecular flexibility index (Phi) is 3.00. The number of aliphatic hydroxyl groups excluding tert-OH is 1. The van der Waals surface area contributed by atoms with Crippen molar-refractivity contribution in [2.75, 3.05) is 6.61 Å². The van der Waals surface area contributed by atoms with E-state index in [1.54, 1.807) is 0 Å². The number of fused-ring (bicyclic) bond motifs is 3. The molecule has 126 valence electrons. The van der Waals surface area contributed by atoms with E-state index in [0.717, 1.165) is 32.1 Å². The molecular weight excluding hydrogens is 276 g/mol. The molecule has 7 atom stereocenters. The van der Waals surface area contributed by atoms with E-state index >= 15 is 0 Å². The van der Waals surface area contributed by atoms with Gasteiger partial charge in [0.1, 0.15) is 5.60 Å². The first kappa shape index (κ1) is 15.4. The smallest absolute Gasteiger partial charge is 0.105 e. The first-order chi connectivity index (χ1) is 10.2. The minimum atomic E-state index is -0.828. The Morgan fingerprint density at radius 2 is 1.77 bits per heavy atom.